The number of hydrogen-bond donors (Lipinski definition) is 5. The molecule has 0 heterocycles. The molecule has 3 aromatic carbocycles. The first-order valence-electron chi connectivity index (χ1n) is 14.0. The number of rotatable bonds is 15. The molecule has 0 unspecified atom stereocenters. The molecule has 3 rings (SSSR count). The minimum Gasteiger partial charge on any atom is -0.384 e. The predicted molar refractivity (Wildman–Crippen MR) is 168 cm³/mol. The van der Waals surface area contributed by atoms with Crippen molar-refractivity contribution < 1.29 is 22.7 Å². The molecule has 0 spiro atoms. The van der Waals surface area contributed by atoms with E-state index in [2.05, 4.69) is 15.4 Å². The van der Waals surface area contributed by atoms with E-state index < -0.39 is 39.5 Å². The second-order valence-corrected chi connectivity index (χ2v) is 13.0. The number of benzene rings is 3. The Morgan fingerprint density at radius 2 is 1.42 bits per heavy atom. The van der Waals surface area contributed by atoms with E-state index in [4.69, 9.17) is 15.9 Å². The molecule has 10 nitrogen and oxygen atoms in total. The Labute approximate surface area is 254 Å². The van der Waals surface area contributed by atoms with Crippen LogP contribution in [-0.4, -0.2) is 50.4 Å². The van der Waals surface area contributed by atoms with Gasteiger partial charge in [-0.15, -0.1) is 0 Å². The van der Waals surface area contributed by atoms with Crippen molar-refractivity contribution in [1.29, 1.82) is 5.41 Å². The third-order valence-corrected chi connectivity index (χ3v) is 7.81. The van der Waals surface area contributed by atoms with Gasteiger partial charge < -0.3 is 21.1 Å². The average molecular weight is 608 g/mol. The standard InChI is InChI=1S/C32H41N5O5S/c1-32(2,3)42-21-28(37-43(40,41)22-25-12-8-5-9-13-25)31(39)36-27(19-16-23-10-6-4-7-11-23)30(38)35-20-24-14-17-26(18-15-24)29(33)34/h4-15,17-18,27-28,37H,16,19-22H2,1-3H3,(H3,33,34)(H,35,38)(H,36,39)/t27-,28+/m0/s1. The summed E-state index contributed by atoms with van der Waals surface area (Å²) in [6, 6.07) is 22.9. The molecule has 0 aliphatic heterocycles. The van der Waals surface area contributed by atoms with Crippen LogP contribution in [0.4, 0.5) is 0 Å². The number of nitrogens with two attached hydrogens (primary N) is 1. The van der Waals surface area contributed by atoms with Gasteiger partial charge >= 0.3 is 0 Å². The largest absolute Gasteiger partial charge is 0.384 e. The summed E-state index contributed by atoms with van der Waals surface area (Å²) in [6.45, 7) is 5.38. The molecule has 0 bridgehead atoms. The molecule has 6 N–H and O–H groups in total. The number of nitrogens with one attached hydrogen (secondary N) is 4. The van der Waals surface area contributed by atoms with E-state index in [9.17, 15) is 18.0 Å². The number of sulfonamides is 1. The number of carbonyl (C=O) groups is 2. The number of aryl methyl sites for hydroxylation is 1. The predicted octanol–water partition coefficient (Wildman–Crippen LogP) is 3.01. The lowest BCUT2D eigenvalue weighted by Crippen LogP contribution is -2.55. The fourth-order valence-electron chi connectivity index (χ4n) is 4.16. The average Bonchev–Trinajstić information content (AvgIpc) is 2.96. The number of amidine groups is 1. The van der Waals surface area contributed by atoms with E-state index >= 15 is 0 Å². The van der Waals surface area contributed by atoms with Crippen LogP contribution in [-0.2, 0) is 43.1 Å². The maximum absolute atomic E-state index is 13.6. The van der Waals surface area contributed by atoms with Crippen molar-refractivity contribution in [3.05, 3.63) is 107 Å². The van der Waals surface area contributed by atoms with Crippen molar-refractivity contribution in [2.24, 2.45) is 5.73 Å². The molecular weight excluding hydrogens is 566 g/mol. The van der Waals surface area contributed by atoms with Crippen LogP contribution in [0.5, 0.6) is 0 Å². The first kappa shape index (κ1) is 33.4. The zero-order chi connectivity index (χ0) is 31.5. The van der Waals surface area contributed by atoms with Crippen molar-refractivity contribution in [1.82, 2.24) is 15.4 Å². The van der Waals surface area contributed by atoms with Gasteiger partial charge in [-0.2, -0.15) is 0 Å². The summed E-state index contributed by atoms with van der Waals surface area (Å²) in [5.41, 5.74) is 7.81. The molecule has 3 aromatic rings. The molecule has 0 aliphatic carbocycles. The minimum atomic E-state index is -3.93. The number of hydrogen-bond acceptors (Lipinski definition) is 6. The van der Waals surface area contributed by atoms with Crippen LogP contribution in [0, 0.1) is 5.41 Å². The quantitative estimate of drug-likeness (QED) is 0.132. The van der Waals surface area contributed by atoms with Crippen LogP contribution in [0.3, 0.4) is 0 Å². The van der Waals surface area contributed by atoms with E-state index in [1.165, 1.54) is 0 Å². The Bertz CT molecular complexity index is 1460. The number of nitrogen functional groups attached to an aromatic ring is 1. The Hall–Kier alpha value is -4.06. The summed E-state index contributed by atoms with van der Waals surface area (Å²) in [6.07, 6.45) is 0.796. The Morgan fingerprint density at radius 1 is 0.837 bits per heavy atom. The van der Waals surface area contributed by atoms with Gasteiger partial charge in [-0.05, 0) is 50.3 Å². The summed E-state index contributed by atoms with van der Waals surface area (Å²) < 4.78 is 34.4. The monoisotopic (exact) mass is 607 g/mol. The van der Waals surface area contributed by atoms with Crippen LogP contribution in [0.2, 0.25) is 0 Å². The maximum atomic E-state index is 13.6. The molecule has 0 radical (unpaired) electrons. The van der Waals surface area contributed by atoms with E-state index in [-0.39, 0.29) is 31.2 Å². The topological polar surface area (TPSA) is 163 Å². The Morgan fingerprint density at radius 3 is 1.98 bits per heavy atom. The fourth-order valence-corrected chi connectivity index (χ4v) is 5.48. The molecule has 11 heteroatoms. The van der Waals surface area contributed by atoms with Crippen LogP contribution in [0.15, 0.2) is 84.9 Å². The molecule has 2 atom stereocenters. The van der Waals surface area contributed by atoms with Gasteiger partial charge in [0.2, 0.25) is 21.8 Å². The Kier molecular flexibility index (Phi) is 12.0. The van der Waals surface area contributed by atoms with Crippen LogP contribution < -0.4 is 21.1 Å². The van der Waals surface area contributed by atoms with Gasteiger partial charge in [-0.25, -0.2) is 13.1 Å². The first-order valence-corrected chi connectivity index (χ1v) is 15.7. The van der Waals surface area contributed by atoms with Gasteiger partial charge in [0.05, 0.1) is 18.0 Å². The summed E-state index contributed by atoms with van der Waals surface area (Å²) in [4.78, 5) is 26.9. The van der Waals surface area contributed by atoms with Crippen LogP contribution in [0.25, 0.3) is 0 Å². The second-order valence-electron chi connectivity index (χ2n) is 11.3. The fraction of sp³-hybridized carbons (Fsp3) is 0.344. The van der Waals surface area contributed by atoms with Gasteiger partial charge in [0, 0.05) is 12.1 Å². The summed E-state index contributed by atoms with van der Waals surface area (Å²) in [5.74, 6) is -1.45. The highest BCUT2D eigenvalue weighted by molar-refractivity contribution is 7.88. The molecular formula is C32H41N5O5S. The third-order valence-electron chi connectivity index (χ3n) is 6.45. The van der Waals surface area contributed by atoms with E-state index in [1.807, 2.05) is 30.3 Å². The minimum absolute atomic E-state index is 0.0522. The number of amides is 2. The normalized spacial score (nSPS) is 13.1. The van der Waals surface area contributed by atoms with Gasteiger partial charge in [0.1, 0.15) is 17.9 Å². The molecule has 230 valence electrons. The van der Waals surface area contributed by atoms with Crippen molar-refractivity contribution in [2.75, 3.05) is 6.61 Å². The lowest BCUT2D eigenvalue weighted by Gasteiger charge is -2.26. The van der Waals surface area contributed by atoms with E-state index in [1.54, 1.807) is 75.4 Å². The molecule has 0 fully saturated rings. The van der Waals surface area contributed by atoms with E-state index in [0.29, 0.717) is 17.5 Å². The van der Waals surface area contributed by atoms with Crippen molar-refractivity contribution >= 4 is 27.7 Å². The summed E-state index contributed by atoms with van der Waals surface area (Å²) >= 11 is 0. The van der Waals surface area contributed by atoms with Gasteiger partial charge in [-0.1, -0.05) is 84.9 Å². The maximum Gasteiger partial charge on any atom is 0.242 e. The summed E-state index contributed by atoms with van der Waals surface area (Å²) in [7, 11) is -3.93. The smallest absolute Gasteiger partial charge is 0.242 e. The molecule has 0 aromatic heterocycles. The second kappa shape index (κ2) is 15.4. The molecule has 0 aliphatic rings. The van der Waals surface area contributed by atoms with Crippen molar-refractivity contribution in [3.63, 3.8) is 0 Å². The van der Waals surface area contributed by atoms with Crippen molar-refractivity contribution in [3.8, 4) is 0 Å². The van der Waals surface area contributed by atoms with Gasteiger partial charge in [0.25, 0.3) is 0 Å². The van der Waals surface area contributed by atoms with Crippen molar-refractivity contribution in [2.45, 2.75) is 63.6 Å². The Balaban J connectivity index is 1.76. The first-order chi connectivity index (χ1) is 20.3. The third kappa shape index (κ3) is 12.0. The summed E-state index contributed by atoms with van der Waals surface area (Å²) in [5, 5.41) is 13.2. The van der Waals surface area contributed by atoms with Gasteiger partial charge in [-0.3, -0.25) is 15.0 Å². The zero-order valence-electron chi connectivity index (χ0n) is 24.8. The van der Waals surface area contributed by atoms with Crippen LogP contribution >= 0.6 is 0 Å². The molecule has 43 heavy (non-hydrogen) atoms. The SMILES string of the molecule is CC(C)(C)OC[C@@H](NS(=O)(=O)Cc1ccccc1)C(=O)N[C@@H](CCc1ccccc1)C(=O)NCc1ccc(C(=N)N)cc1. The molecule has 0 saturated carbocycles. The van der Waals surface area contributed by atoms with Gasteiger partial charge in [0.15, 0.2) is 0 Å². The number of carbonyl (C=O) groups excluding carboxylic acids is 2. The highest BCUT2D eigenvalue weighted by atomic mass is 32.2. The van der Waals surface area contributed by atoms with Crippen LogP contribution in [0.1, 0.15) is 49.4 Å². The van der Waals surface area contributed by atoms with E-state index in [0.717, 1.165) is 11.1 Å². The number of ether oxygens (including phenoxy) is 1. The lowest BCUT2D eigenvalue weighted by atomic mass is 10.0. The molecule has 0 saturated heterocycles. The zero-order valence-corrected chi connectivity index (χ0v) is 25.6. The highest BCUT2D eigenvalue weighted by Gasteiger charge is 2.30. The molecule has 2 amide bonds. The highest BCUT2D eigenvalue weighted by Crippen LogP contribution is 2.12. The lowest BCUT2D eigenvalue weighted by molar-refractivity contribution is -0.131.